The molecule has 1 fully saturated rings. The zero-order valence-electron chi connectivity index (χ0n) is 17.2. The van der Waals surface area contributed by atoms with Crippen LogP contribution >= 0.6 is 34.7 Å². The Hall–Kier alpha value is -2.75. The fraction of sp³-hybridized carbons (Fsp3) is 0.227. The third-order valence-corrected chi connectivity index (χ3v) is 7.21. The van der Waals surface area contributed by atoms with Crippen molar-refractivity contribution in [2.24, 2.45) is 0 Å². The van der Waals surface area contributed by atoms with E-state index in [0.29, 0.717) is 28.3 Å². The summed E-state index contributed by atoms with van der Waals surface area (Å²) in [6.07, 6.45) is 5.57. The Kier molecular flexibility index (Phi) is 5.95. The van der Waals surface area contributed by atoms with Crippen molar-refractivity contribution in [3.05, 3.63) is 69.4 Å². The normalized spacial score (nSPS) is 13.3. The molecule has 0 atom stereocenters. The quantitative estimate of drug-likeness (QED) is 0.376. The Morgan fingerprint density at radius 1 is 1.25 bits per heavy atom. The molecule has 1 N–H and O–H groups in total. The first kappa shape index (κ1) is 21.1. The van der Waals surface area contributed by atoms with Gasteiger partial charge in [0.25, 0.3) is 5.91 Å². The fourth-order valence-electron chi connectivity index (χ4n) is 3.19. The third kappa shape index (κ3) is 4.55. The number of rotatable bonds is 7. The van der Waals surface area contributed by atoms with Crippen molar-refractivity contribution < 1.29 is 4.79 Å². The van der Waals surface area contributed by atoms with E-state index in [0.717, 1.165) is 39.8 Å². The Balaban J connectivity index is 1.44. The second-order valence-electron chi connectivity index (χ2n) is 7.47. The van der Waals surface area contributed by atoms with Gasteiger partial charge in [-0.25, -0.2) is 4.98 Å². The second-order valence-corrected chi connectivity index (χ2v) is 9.79. The van der Waals surface area contributed by atoms with Crippen LogP contribution in [0.4, 0.5) is 0 Å². The van der Waals surface area contributed by atoms with E-state index >= 15 is 0 Å². The first-order chi connectivity index (χ1) is 15.6. The van der Waals surface area contributed by atoms with E-state index < -0.39 is 0 Å². The summed E-state index contributed by atoms with van der Waals surface area (Å²) >= 11 is 9.31. The van der Waals surface area contributed by atoms with Gasteiger partial charge in [0.15, 0.2) is 11.0 Å². The van der Waals surface area contributed by atoms with Crippen molar-refractivity contribution in [3.8, 4) is 17.1 Å². The molecule has 1 amide bonds. The number of hydrogen-bond acceptors (Lipinski definition) is 7. The largest absolute Gasteiger partial charge is 0.348 e. The van der Waals surface area contributed by atoms with E-state index in [4.69, 9.17) is 11.6 Å². The lowest BCUT2D eigenvalue weighted by Crippen LogP contribution is -2.25. The molecule has 162 valence electrons. The van der Waals surface area contributed by atoms with Gasteiger partial charge in [0, 0.05) is 34.4 Å². The van der Waals surface area contributed by atoms with Gasteiger partial charge in [-0.3, -0.25) is 14.3 Å². The molecule has 0 saturated heterocycles. The average Bonchev–Trinajstić information content (AvgIpc) is 3.32. The summed E-state index contributed by atoms with van der Waals surface area (Å²) in [5.41, 5.74) is 3.36. The molecule has 0 aliphatic heterocycles. The van der Waals surface area contributed by atoms with Crippen LogP contribution in [0.1, 0.15) is 33.9 Å². The maximum Gasteiger partial charge on any atom is 0.270 e. The number of thiazole rings is 1. The first-order valence-corrected chi connectivity index (χ1v) is 12.3. The van der Waals surface area contributed by atoms with E-state index in [-0.39, 0.29) is 5.91 Å². The lowest BCUT2D eigenvalue weighted by Gasteiger charge is -2.13. The Labute approximate surface area is 198 Å². The maximum atomic E-state index is 12.2. The summed E-state index contributed by atoms with van der Waals surface area (Å²) < 4.78 is 2.01. The monoisotopic (exact) mass is 482 g/mol. The highest BCUT2D eigenvalue weighted by Gasteiger charge is 2.25. The molecule has 10 heteroatoms. The molecule has 0 radical (unpaired) electrons. The van der Waals surface area contributed by atoms with Crippen LogP contribution in [-0.4, -0.2) is 36.7 Å². The number of amides is 1. The summed E-state index contributed by atoms with van der Waals surface area (Å²) in [5.74, 6) is 1.19. The van der Waals surface area contributed by atoms with Gasteiger partial charge >= 0.3 is 0 Å². The molecule has 32 heavy (non-hydrogen) atoms. The van der Waals surface area contributed by atoms with E-state index in [2.05, 4.69) is 25.5 Å². The SMILES string of the molecule is Cc1ccc(Cl)cc1-n1c(SCc2nc(C(=O)NC3CC3)cs2)nnc1-c1ccncc1. The first-order valence-electron chi connectivity index (χ1n) is 10.1. The molecule has 4 aromatic rings. The Morgan fingerprint density at radius 2 is 2.06 bits per heavy atom. The lowest BCUT2D eigenvalue weighted by molar-refractivity contribution is 0.0946. The molecule has 0 spiro atoms. The summed E-state index contributed by atoms with van der Waals surface area (Å²) in [6, 6.07) is 9.88. The van der Waals surface area contributed by atoms with Gasteiger partial charge in [0.2, 0.25) is 0 Å². The molecule has 1 aliphatic rings. The zero-order chi connectivity index (χ0) is 22.1. The van der Waals surface area contributed by atoms with Gasteiger partial charge in [-0.2, -0.15) is 0 Å². The van der Waals surface area contributed by atoms with Crippen LogP contribution in [0.15, 0.2) is 53.3 Å². The van der Waals surface area contributed by atoms with Crippen LogP contribution in [-0.2, 0) is 5.75 Å². The Bertz CT molecular complexity index is 1270. The van der Waals surface area contributed by atoms with E-state index in [9.17, 15) is 4.79 Å². The number of halogens is 1. The van der Waals surface area contributed by atoms with Crippen molar-refractivity contribution in [3.63, 3.8) is 0 Å². The van der Waals surface area contributed by atoms with Gasteiger partial charge in [-0.1, -0.05) is 29.4 Å². The van der Waals surface area contributed by atoms with E-state index in [1.807, 2.05) is 47.2 Å². The number of aromatic nitrogens is 5. The number of hydrogen-bond donors (Lipinski definition) is 1. The maximum absolute atomic E-state index is 12.2. The average molecular weight is 483 g/mol. The van der Waals surface area contributed by atoms with Gasteiger partial charge in [-0.15, -0.1) is 21.5 Å². The fourth-order valence-corrected chi connectivity index (χ4v) is 5.09. The number of aryl methyl sites for hydroxylation is 1. The van der Waals surface area contributed by atoms with Crippen LogP contribution in [0, 0.1) is 6.92 Å². The highest BCUT2D eigenvalue weighted by Crippen LogP contribution is 2.32. The van der Waals surface area contributed by atoms with Gasteiger partial charge in [0.1, 0.15) is 10.7 Å². The van der Waals surface area contributed by atoms with Crippen LogP contribution in [0.2, 0.25) is 5.02 Å². The van der Waals surface area contributed by atoms with E-state index in [1.54, 1.807) is 12.4 Å². The molecule has 1 aliphatic carbocycles. The molecule has 3 aromatic heterocycles. The van der Waals surface area contributed by atoms with Crippen molar-refractivity contribution in [1.82, 2.24) is 30.0 Å². The number of thioether (sulfide) groups is 1. The molecule has 7 nitrogen and oxygen atoms in total. The topological polar surface area (TPSA) is 85.6 Å². The van der Waals surface area contributed by atoms with Crippen molar-refractivity contribution >= 4 is 40.6 Å². The molecule has 0 unspecified atom stereocenters. The predicted octanol–water partition coefficient (Wildman–Crippen LogP) is 4.93. The number of nitrogens with one attached hydrogen (secondary N) is 1. The van der Waals surface area contributed by atoms with Crippen LogP contribution < -0.4 is 5.32 Å². The minimum Gasteiger partial charge on any atom is -0.348 e. The molecule has 5 rings (SSSR count). The summed E-state index contributed by atoms with van der Waals surface area (Å²) in [5, 5.41) is 15.9. The molecular weight excluding hydrogens is 464 g/mol. The minimum atomic E-state index is -0.0994. The lowest BCUT2D eigenvalue weighted by atomic mass is 10.2. The Morgan fingerprint density at radius 3 is 2.84 bits per heavy atom. The molecule has 1 saturated carbocycles. The summed E-state index contributed by atoms with van der Waals surface area (Å²) in [4.78, 5) is 20.8. The molecule has 3 heterocycles. The van der Waals surface area contributed by atoms with Gasteiger partial charge in [-0.05, 0) is 49.6 Å². The second kappa shape index (κ2) is 9.01. The van der Waals surface area contributed by atoms with Crippen LogP contribution in [0.25, 0.3) is 17.1 Å². The third-order valence-electron chi connectivity index (χ3n) is 5.01. The zero-order valence-corrected chi connectivity index (χ0v) is 19.5. The molecular formula is C22H19ClN6OS2. The number of carbonyl (C=O) groups is 1. The predicted molar refractivity (Wildman–Crippen MR) is 127 cm³/mol. The van der Waals surface area contributed by atoms with Gasteiger partial charge in [0.05, 0.1) is 11.4 Å². The standard InChI is InChI=1S/C22H19ClN6OS2/c1-13-2-3-15(23)10-18(13)29-20(14-6-8-24-9-7-14)27-28-22(29)32-12-19-26-17(11-31-19)21(30)25-16-4-5-16/h2-3,6-11,16H,4-5,12H2,1H3,(H,25,30). The number of carbonyl (C=O) groups excluding carboxylic acids is 1. The van der Waals surface area contributed by atoms with Gasteiger partial charge < -0.3 is 5.32 Å². The number of benzene rings is 1. The summed E-state index contributed by atoms with van der Waals surface area (Å²) in [7, 11) is 0. The smallest absolute Gasteiger partial charge is 0.270 e. The number of nitrogens with zero attached hydrogens (tertiary/aromatic N) is 5. The van der Waals surface area contributed by atoms with Crippen molar-refractivity contribution in [2.45, 2.75) is 36.7 Å². The number of pyridine rings is 1. The van der Waals surface area contributed by atoms with Crippen molar-refractivity contribution in [2.75, 3.05) is 0 Å². The van der Waals surface area contributed by atoms with Crippen LogP contribution in [0.3, 0.4) is 0 Å². The highest BCUT2D eigenvalue weighted by molar-refractivity contribution is 7.98. The summed E-state index contributed by atoms with van der Waals surface area (Å²) in [6.45, 7) is 2.03. The minimum absolute atomic E-state index is 0.0994. The van der Waals surface area contributed by atoms with E-state index in [1.165, 1.54) is 23.1 Å². The molecule has 1 aromatic carbocycles. The molecule has 0 bridgehead atoms. The van der Waals surface area contributed by atoms with Crippen molar-refractivity contribution in [1.29, 1.82) is 0 Å². The highest BCUT2D eigenvalue weighted by atomic mass is 35.5. The van der Waals surface area contributed by atoms with Crippen LogP contribution in [0.5, 0.6) is 0 Å².